The van der Waals surface area contributed by atoms with Crippen molar-refractivity contribution in [1.82, 2.24) is 4.90 Å². The molecule has 1 rings (SSSR count). The fourth-order valence-corrected chi connectivity index (χ4v) is 1.52. The first kappa shape index (κ1) is 11.5. The van der Waals surface area contributed by atoms with Gasteiger partial charge in [-0.25, -0.2) is 0 Å². The summed E-state index contributed by atoms with van der Waals surface area (Å²) in [6, 6.07) is 0. The van der Waals surface area contributed by atoms with E-state index in [4.69, 9.17) is 9.84 Å². The Balaban J connectivity index is 2.00. The van der Waals surface area contributed by atoms with Crippen LogP contribution < -0.4 is 0 Å². The highest BCUT2D eigenvalue weighted by atomic mass is 16.5. The lowest BCUT2D eigenvalue weighted by molar-refractivity contribution is 0.115. The molecule has 0 bridgehead atoms. The van der Waals surface area contributed by atoms with Crippen LogP contribution in [0.5, 0.6) is 0 Å². The monoisotopic (exact) mass is 197 g/mol. The van der Waals surface area contributed by atoms with Gasteiger partial charge >= 0.3 is 0 Å². The minimum Gasteiger partial charge on any atom is -0.394 e. The van der Waals surface area contributed by atoms with Crippen molar-refractivity contribution in [3.8, 4) is 11.8 Å². The second kappa shape index (κ2) is 7.81. The maximum absolute atomic E-state index is 8.45. The first-order chi connectivity index (χ1) is 6.93. The van der Waals surface area contributed by atoms with Crippen molar-refractivity contribution in [3.05, 3.63) is 0 Å². The summed E-state index contributed by atoms with van der Waals surface area (Å²) in [5, 5.41) is 8.45. The predicted octanol–water partition coefficient (Wildman–Crippen LogP) is 0.485. The zero-order valence-electron chi connectivity index (χ0n) is 8.67. The molecule has 14 heavy (non-hydrogen) atoms. The Bertz CT molecular complexity index is 189. The zero-order valence-corrected chi connectivity index (χ0v) is 8.67. The molecule has 0 saturated carbocycles. The Morgan fingerprint density at radius 3 is 2.64 bits per heavy atom. The molecule has 1 N–H and O–H groups in total. The molecule has 80 valence electrons. The maximum Gasteiger partial charge on any atom is 0.107 e. The molecule has 0 atom stereocenters. The van der Waals surface area contributed by atoms with Crippen molar-refractivity contribution in [3.63, 3.8) is 0 Å². The van der Waals surface area contributed by atoms with Crippen molar-refractivity contribution in [2.24, 2.45) is 0 Å². The maximum atomic E-state index is 8.45. The van der Waals surface area contributed by atoms with Crippen LogP contribution in [0.3, 0.4) is 0 Å². The Kier molecular flexibility index (Phi) is 6.42. The Morgan fingerprint density at radius 2 is 1.93 bits per heavy atom. The van der Waals surface area contributed by atoms with E-state index in [1.165, 1.54) is 32.4 Å². The van der Waals surface area contributed by atoms with Gasteiger partial charge in [0, 0.05) is 0 Å². The van der Waals surface area contributed by atoms with Gasteiger partial charge in [-0.3, -0.25) is 4.90 Å². The second-order valence-corrected chi connectivity index (χ2v) is 3.47. The highest BCUT2D eigenvalue weighted by Gasteiger charge is 2.07. The number of rotatable bonds is 4. The van der Waals surface area contributed by atoms with E-state index in [9.17, 15) is 0 Å². The van der Waals surface area contributed by atoms with Gasteiger partial charge in [0.2, 0.25) is 0 Å². The van der Waals surface area contributed by atoms with Crippen LogP contribution in [0.1, 0.15) is 19.3 Å². The van der Waals surface area contributed by atoms with Gasteiger partial charge < -0.3 is 9.84 Å². The van der Waals surface area contributed by atoms with E-state index in [2.05, 4.69) is 16.7 Å². The summed E-state index contributed by atoms with van der Waals surface area (Å²) in [7, 11) is 0. The molecule has 1 fully saturated rings. The van der Waals surface area contributed by atoms with Crippen LogP contribution in [0.4, 0.5) is 0 Å². The van der Waals surface area contributed by atoms with Crippen LogP contribution in [-0.4, -0.2) is 49.5 Å². The lowest BCUT2D eigenvalue weighted by atomic mass is 10.1. The molecule has 1 saturated heterocycles. The summed E-state index contributed by atoms with van der Waals surface area (Å²) in [6.45, 7) is 4.14. The molecule has 0 aliphatic carbocycles. The normalized spacial score (nSPS) is 17.5. The van der Waals surface area contributed by atoms with Crippen molar-refractivity contribution in [2.45, 2.75) is 19.3 Å². The molecule has 0 aromatic heterocycles. The molecule has 0 spiro atoms. The number of aliphatic hydroxyl groups is 1. The minimum atomic E-state index is 0.0772. The van der Waals surface area contributed by atoms with Gasteiger partial charge in [-0.1, -0.05) is 18.3 Å². The molecule has 0 amide bonds. The van der Waals surface area contributed by atoms with Crippen LogP contribution in [0.15, 0.2) is 0 Å². The van der Waals surface area contributed by atoms with Gasteiger partial charge in [-0.05, 0) is 25.9 Å². The highest BCUT2D eigenvalue weighted by Crippen LogP contribution is 2.06. The molecule has 3 nitrogen and oxygen atoms in total. The summed E-state index contributed by atoms with van der Waals surface area (Å²) in [5.41, 5.74) is 0. The standard InChI is InChI=1S/C11H19NO2/c13-9-11-14-10-5-4-8-12-6-2-1-3-7-12/h13H,1-3,6-11H2. The topological polar surface area (TPSA) is 32.7 Å². The summed E-state index contributed by atoms with van der Waals surface area (Å²) >= 11 is 0. The van der Waals surface area contributed by atoms with E-state index in [1.807, 2.05) is 0 Å². The van der Waals surface area contributed by atoms with Crippen molar-refractivity contribution in [1.29, 1.82) is 0 Å². The molecular weight excluding hydrogens is 178 g/mol. The SMILES string of the molecule is OCCOCC#CCN1CCCCC1. The third kappa shape index (κ3) is 5.23. The lowest BCUT2D eigenvalue weighted by Crippen LogP contribution is -2.29. The first-order valence-corrected chi connectivity index (χ1v) is 5.30. The largest absolute Gasteiger partial charge is 0.394 e. The average molecular weight is 197 g/mol. The quantitative estimate of drug-likeness (QED) is 0.526. The van der Waals surface area contributed by atoms with E-state index >= 15 is 0 Å². The van der Waals surface area contributed by atoms with Gasteiger partial charge in [0.1, 0.15) is 6.61 Å². The van der Waals surface area contributed by atoms with E-state index < -0.39 is 0 Å². The molecule has 1 aliphatic heterocycles. The molecule has 1 heterocycles. The third-order valence-corrected chi connectivity index (χ3v) is 2.29. The van der Waals surface area contributed by atoms with Gasteiger partial charge in [0.15, 0.2) is 0 Å². The Labute approximate surface area is 86.0 Å². The highest BCUT2D eigenvalue weighted by molar-refractivity contribution is 5.01. The molecule has 0 aromatic carbocycles. The van der Waals surface area contributed by atoms with E-state index in [-0.39, 0.29) is 6.61 Å². The number of hydrogen-bond acceptors (Lipinski definition) is 3. The van der Waals surface area contributed by atoms with Crippen LogP contribution in [0.2, 0.25) is 0 Å². The van der Waals surface area contributed by atoms with E-state index in [0.29, 0.717) is 13.2 Å². The summed E-state index contributed by atoms with van der Waals surface area (Å²) in [6.07, 6.45) is 3.98. The Hall–Kier alpha value is -0.560. The average Bonchev–Trinajstić information content (AvgIpc) is 2.25. The smallest absolute Gasteiger partial charge is 0.107 e. The molecule has 0 radical (unpaired) electrons. The van der Waals surface area contributed by atoms with Crippen LogP contribution in [-0.2, 0) is 4.74 Å². The summed E-state index contributed by atoms with van der Waals surface area (Å²) < 4.78 is 5.03. The van der Waals surface area contributed by atoms with Crippen LogP contribution in [0.25, 0.3) is 0 Å². The van der Waals surface area contributed by atoms with E-state index in [1.54, 1.807) is 0 Å². The summed E-state index contributed by atoms with van der Waals surface area (Å²) in [5.74, 6) is 6.03. The number of hydrogen-bond donors (Lipinski definition) is 1. The number of piperidine rings is 1. The first-order valence-electron chi connectivity index (χ1n) is 5.30. The van der Waals surface area contributed by atoms with Crippen molar-refractivity contribution in [2.75, 3.05) is 39.5 Å². The zero-order chi connectivity index (χ0) is 10.1. The summed E-state index contributed by atoms with van der Waals surface area (Å²) in [4.78, 5) is 2.38. The molecule has 0 aromatic rings. The van der Waals surface area contributed by atoms with E-state index in [0.717, 1.165) is 6.54 Å². The molecule has 0 unspecified atom stereocenters. The van der Waals surface area contributed by atoms with Crippen molar-refractivity contribution >= 4 is 0 Å². The third-order valence-electron chi connectivity index (χ3n) is 2.29. The Morgan fingerprint density at radius 1 is 1.14 bits per heavy atom. The second-order valence-electron chi connectivity index (χ2n) is 3.47. The van der Waals surface area contributed by atoms with Crippen LogP contribution in [0, 0.1) is 11.8 Å². The molecule has 1 aliphatic rings. The number of nitrogens with zero attached hydrogens (tertiary/aromatic N) is 1. The van der Waals surface area contributed by atoms with Gasteiger partial charge in [-0.2, -0.15) is 0 Å². The van der Waals surface area contributed by atoms with Gasteiger partial charge in [0.05, 0.1) is 19.8 Å². The van der Waals surface area contributed by atoms with Crippen LogP contribution >= 0.6 is 0 Å². The fraction of sp³-hybridized carbons (Fsp3) is 0.818. The van der Waals surface area contributed by atoms with Crippen molar-refractivity contribution < 1.29 is 9.84 Å². The number of ether oxygens (including phenoxy) is 1. The molecule has 3 heteroatoms. The number of aliphatic hydroxyl groups excluding tert-OH is 1. The minimum absolute atomic E-state index is 0.0772. The van der Waals surface area contributed by atoms with Gasteiger partial charge in [-0.15, -0.1) is 0 Å². The number of likely N-dealkylation sites (tertiary alicyclic amines) is 1. The molecular formula is C11H19NO2. The fourth-order valence-electron chi connectivity index (χ4n) is 1.52. The van der Waals surface area contributed by atoms with Gasteiger partial charge in [0.25, 0.3) is 0 Å². The lowest BCUT2D eigenvalue weighted by Gasteiger charge is -2.23. The predicted molar refractivity (Wildman–Crippen MR) is 56.0 cm³/mol.